The summed E-state index contributed by atoms with van der Waals surface area (Å²) in [5.41, 5.74) is -0.0129. The second-order valence-corrected chi connectivity index (χ2v) is 4.20. The Morgan fingerprint density at radius 2 is 2.25 bits per heavy atom. The van der Waals surface area contributed by atoms with E-state index in [1.165, 1.54) is 6.07 Å². The zero-order valence-corrected chi connectivity index (χ0v) is 11.5. The minimum absolute atomic E-state index is 0.172. The number of unbranched alkanes of at least 4 members (excludes halogenated alkanes) is 1. The van der Waals surface area contributed by atoms with Crippen LogP contribution in [0, 0.1) is 21.4 Å². The summed E-state index contributed by atoms with van der Waals surface area (Å²) in [7, 11) is 0. The highest BCUT2D eigenvalue weighted by molar-refractivity contribution is 5.55. The Kier molecular flexibility index (Phi) is 7.00. The molecular weight excluding hydrogens is 260 g/mol. The smallest absolute Gasteiger partial charge is 0.289 e. The Balaban J connectivity index is 2.40. The third-order valence-corrected chi connectivity index (χ3v) is 2.60. The fraction of sp³-hybridized carbons (Fsp3) is 0.538. The number of ether oxygens (including phenoxy) is 1. The predicted octanol–water partition coefficient (Wildman–Crippen LogP) is 2.48. The van der Waals surface area contributed by atoms with E-state index in [0.29, 0.717) is 19.0 Å². The molecule has 0 radical (unpaired) electrons. The van der Waals surface area contributed by atoms with Crippen LogP contribution < -0.4 is 5.32 Å². The van der Waals surface area contributed by atoms with Crippen molar-refractivity contribution in [3.05, 3.63) is 27.9 Å². The first-order valence-corrected chi connectivity index (χ1v) is 6.55. The summed E-state index contributed by atoms with van der Waals surface area (Å²) in [6, 6.07) is 3.11. The molecule has 0 aromatic carbocycles. The van der Waals surface area contributed by atoms with E-state index in [-0.39, 0.29) is 11.3 Å². The number of rotatable bonds is 9. The number of nitriles is 1. The molecule has 1 aromatic rings. The summed E-state index contributed by atoms with van der Waals surface area (Å²) < 4.78 is 5.40. The third-order valence-electron chi connectivity index (χ3n) is 2.60. The minimum atomic E-state index is -0.570. The molecule has 0 amide bonds. The summed E-state index contributed by atoms with van der Waals surface area (Å²) >= 11 is 0. The fourth-order valence-electron chi connectivity index (χ4n) is 1.51. The van der Waals surface area contributed by atoms with E-state index < -0.39 is 4.92 Å². The van der Waals surface area contributed by atoms with Crippen LogP contribution in [0.3, 0.4) is 0 Å². The van der Waals surface area contributed by atoms with Gasteiger partial charge in [-0.15, -0.1) is 0 Å². The van der Waals surface area contributed by atoms with Crippen LogP contribution in [0.25, 0.3) is 0 Å². The van der Waals surface area contributed by atoms with Crippen molar-refractivity contribution in [1.29, 1.82) is 5.26 Å². The predicted molar refractivity (Wildman–Crippen MR) is 74.4 cm³/mol. The van der Waals surface area contributed by atoms with Crippen molar-refractivity contribution in [2.24, 2.45) is 0 Å². The maximum absolute atomic E-state index is 10.6. The Morgan fingerprint density at radius 1 is 1.50 bits per heavy atom. The van der Waals surface area contributed by atoms with Gasteiger partial charge in [0.25, 0.3) is 5.69 Å². The number of hydrogen-bond acceptors (Lipinski definition) is 6. The van der Waals surface area contributed by atoms with Crippen molar-refractivity contribution in [1.82, 2.24) is 4.98 Å². The number of hydrogen-bond donors (Lipinski definition) is 1. The Morgan fingerprint density at radius 3 is 2.90 bits per heavy atom. The van der Waals surface area contributed by atoms with Crippen molar-refractivity contribution >= 4 is 11.5 Å². The van der Waals surface area contributed by atoms with Crippen LogP contribution >= 0.6 is 0 Å². The zero-order valence-electron chi connectivity index (χ0n) is 11.5. The molecule has 0 aliphatic heterocycles. The lowest BCUT2D eigenvalue weighted by molar-refractivity contribution is -0.385. The van der Waals surface area contributed by atoms with E-state index in [2.05, 4.69) is 17.2 Å². The highest BCUT2D eigenvalue weighted by Gasteiger charge is 2.11. The molecule has 0 aliphatic rings. The van der Waals surface area contributed by atoms with Crippen LogP contribution in [-0.2, 0) is 4.74 Å². The number of nitrogens with one attached hydrogen (secondary N) is 1. The quantitative estimate of drug-likeness (QED) is 0.423. The van der Waals surface area contributed by atoms with E-state index in [1.54, 1.807) is 0 Å². The second-order valence-electron chi connectivity index (χ2n) is 4.20. The Hall–Kier alpha value is -2.20. The van der Waals surface area contributed by atoms with Gasteiger partial charge >= 0.3 is 0 Å². The Bertz CT molecular complexity index is 485. The van der Waals surface area contributed by atoms with Gasteiger partial charge < -0.3 is 10.1 Å². The molecule has 0 unspecified atom stereocenters. The van der Waals surface area contributed by atoms with Crippen molar-refractivity contribution in [2.45, 2.75) is 26.2 Å². The molecule has 108 valence electrons. The van der Waals surface area contributed by atoms with Crippen molar-refractivity contribution in [2.75, 3.05) is 25.1 Å². The van der Waals surface area contributed by atoms with Gasteiger partial charge in [-0.3, -0.25) is 10.1 Å². The number of nitrogens with zero attached hydrogens (tertiary/aromatic N) is 3. The average Bonchev–Trinajstić information content (AvgIpc) is 2.46. The summed E-state index contributed by atoms with van der Waals surface area (Å²) in [4.78, 5) is 13.9. The largest absolute Gasteiger partial charge is 0.381 e. The minimum Gasteiger partial charge on any atom is -0.381 e. The molecule has 0 spiro atoms. The normalized spacial score (nSPS) is 10.0. The summed E-state index contributed by atoms with van der Waals surface area (Å²) in [5, 5.41) is 22.5. The maximum Gasteiger partial charge on any atom is 0.289 e. The van der Waals surface area contributed by atoms with E-state index in [4.69, 9.17) is 10.00 Å². The molecule has 0 aliphatic carbocycles. The van der Waals surface area contributed by atoms with Gasteiger partial charge in [-0.25, -0.2) is 4.98 Å². The molecule has 1 aromatic heterocycles. The lowest BCUT2D eigenvalue weighted by atomic mass is 10.2. The first kappa shape index (κ1) is 15.9. The average molecular weight is 278 g/mol. The molecule has 1 heterocycles. The van der Waals surface area contributed by atoms with Crippen LogP contribution in [0.5, 0.6) is 0 Å². The van der Waals surface area contributed by atoms with Gasteiger partial charge in [0.1, 0.15) is 23.6 Å². The molecular formula is C13H18N4O3. The first-order valence-electron chi connectivity index (χ1n) is 6.55. The molecule has 1 rings (SSSR count). The molecule has 7 heteroatoms. The molecule has 0 saturated carbocycles. The zero-order chi connectivity index (χ0) is 14.8. The van der Waals surface area contributed by atoms with Gasteiger partial charge in [-0.05, 0) is 12.8 Å². The SMILES string of the molecule is CCCCOCCCNc1ncc([N+](=O)[O-])cc1C#N. The number of nitro groups is 1. The van der Waals surface area contributed by atoms with Crippen LogP contribution in [0.1, 0.15) is 31.7 Å². The standard InChI is InChI=1S/C13H18N4O3/c1-2-3-6-20-7-4-5-15-13-11(9-14)8-12(10-16-13)17(18)19/h8,10H,2-7H2,1H3,(H,15,16). The summed E-state index contributed by atoms with van der Waals surface area (Å²) in [6.45, 7) is 4.11. The molecule has 0 bridgehead atoms. The summed E-state index contributed by atoms with van der Waals surface area (Å²) in [6.07, 6.45) is 4.08. The molecule has 7 nitrogen and oxygen atoms in total. The highest BCUT2D eigenvalue weighted by Crippen LogP contribution is 2.17. The van der Waals surface area contributed by atoms with E-state index in [0.717, 1.165) is 32.1 Å². The third kappa shape index (κ3) is 5.20. The Labute approximate surface area is 117 Å². The summed E-state index contributed by atoms with van der Waals surface area (Å²) in [5.74, 6) is 0.367. The van der Waals surface area contributed by atoms with E-state index in [9.17, 15) is 10.1 Å². The topological polar surface area (TPSA) is 101 Å². The van der Waals surface area contributed by atoms with Crippen LogP contribution in [-0.4, -0.2) is 29.7 Å². The number of pyridine rings is 1. The van der Waals surface area contributed by atoms with Crippen molar-refractivity contribution < 1.29 is 9.66 Å². The van der Waals surface area contributed by atoms with Crippen molar-refractivity contribution in [3.8, 4) is 6.07 Å². The van der Waals surface area contributed by atoms with E-state index >= 15 is 0 Å². The molecule has 0 saturated heterocycles. The van der Waals surface area contributed by atoms with Gasteiger partial charge in [-0.1, -0.05) is 13.3 Å². The van der Waals surface area contributed by atoms with Gasteiger partial charge in [0.15, 0.2) is 0 Å². The first-order chi connectivity index (χ1) is 9.69. The van der Waals surface area contributed by atoms with Gasteiger partial charge in [-0.2, -0.15) is 5.26 Å². The molecule has 0 atom stereocenters. The lowest BCUT2D eigenvalue weighted by Gasteiger charge is -2.07. The van der Waals surface area contributed by atoms with Crippen molar-refractivity contribution in [3.63, 3.8) is 0 Å². The molecule has 0 fully saturated rings. The lowest BCUT2D eigenvalue weighted by Crippen LogP contribution is -2.09. The van der Waals surface area contributed by atoms with Crippen LogP contribution in [0.15, 0.2) is 12.3 Å². The van der Waals surface area contributed by atoms with E-state index in [1.807, 2.05) is 6.07 Å². The van der Waals surface area contributed by atoms with Crippen LogP contribution in [0.2, 0.25) is 0 Å². The molecule has 1 N–H and O–H groups in total. The maximum atomic E-state index is 10.6. The van der Waals surface area contributed by atoms with Gasteiger partial charge in [0.05, 0.1) is 4.92 Å². The fourth-order valence-corrected chi connectivity index (χ4v) is 1.51. The molecule has 20 heavy (non-hydrogen) atoms. The monoisotopic (exact) mass is 278 g/mol. The highest BCUT2D eigenvalue weighted by atomic mass is 16.6. The number of anilines is 1. The number of aromatic nitrogens is 1. The van der Waals surface area contributed by atoms with Gasteiger partial charge in [0, 0.05) is 25.8 Å². The van der Waals surface area contributed by atoms with Gasteiger partial charge in [0.2, 0.25) is 0 Å². The van der Waals surface area contributed by atoms with Crippen LogP contribution in [0.4, 0.5) is 11.5 Å². The second kappa shape index (κ2) is 8.82.